The van der Waals surface area contributed by atoms with Crippen molar-refractivity contribution in [3.63, 3.8) is 0 Å². The van der Waals surface area contributed by atoms with E-state index in [1.807, 2.05) is 11.8 Å². The molecule has 1 nitrogen and oxygen atoms in total. The van der Waals surface area contributed by atoms with Crippen LogP contribution < -0.4 is 41.2 Å². The molecule has 0 saturated carbocycles. The third-order valence-electron chi connectivity index (χ3n) is 11.9. The van der Waals surface area contributed by atoms with Gasteiger partial charge in [0.25, 0.3) is 0 Å². The molecule has 11 rings (SSSR count). The molecule has 2 heterocycles. The molecule has 0 aliphatic carbocycles. The summed E-state index contributed by atoms with van der Waals surface area (Å²) in [6.45, 7) is 0. The molecule has 0 aromatic heterocycles. The Balaban J connectivity index is 1.18. The minimum absolute atomic E-state index is 1.13. The van der Waals surface area contributed by atoms with Gasteiger partial charge in [-0.2, -0.15) is 0 Å². The van der Waals surface area contributed by atoms with Crippen molar-refractivity contribution < 1.29 is 0 Å². The molecule has 0 atom stereocenters. The Morgan fingerprint density at radius 1 is 0.328 bits per heavy atom. The highest BCUT2D eigenvalue weighted by molar-refractivity contribution is 8.00. The highest BCUT2D eigenvalue weighted by atomic mass is 32.2. The predicted molar refractivity (Wildman–Crippen MR) is 251 cm³/mol. The van der Waals surface area contributed by atoms with Gasteiger partial charge in [-0.1, -0.05) is 209 Å². The molecule has 1 radical (unpaired) electrons. The molecule has 4 heteroatoms. The quantitative estimate of drug-likeness (QED) is 0.155. The maximum atomic E-state index is 2.60. The van der Waals surface area contributed by atoms with Gasteiger partial charge in [-0.15, -0.1) is 0 Å². The normalized spacial score (nSPS) is 13.5. The first-order chi connectivity index (χ1) is 28.8. The smallest absolute Gasteiger partial charge is 0.181 e. The van der Waals surface area contributed by atoms with Crippen LogP contribution in [0.25, 0.3) is 22.3 Å². The largest absolute Gasteiger partial charge is 0.311 e. The summed E-state index contributed by atoms with van der Waals surface area (Å²) in [5, 5.41) is 10.5. The summed E-state index contributed by atoms with van der Waals surface area (Å²) in [5.41, 5.74) is 8.29. The molecule has 0 bridgehead atoms. The van der Waals surface area contributed by atoms with E-state index in [0.29, 0.717) is 0 Å². The number of nitrogens with zero attached hydrogens (tertiary/aromatic N) is 1. The molecule has 0 N–H and O–H groups in total. The average Bonchev–Trinajstić information content (AvgIpc) is 3.30. The van der Waals surface area contributed by atoms with Crippen LogP contribution in [-0.4, -0.2) is 16.9 Å². The number of anilines is 3. The van der Waals surface area contributed by atoms with Crippen molar-refractivity contribution in [2.45, 2.75) is 9.79 Å². The van der Waals surface area contributed by atoms with Crippen LogP contribution in [0.2, 0.25) is 0 Å². The molecule has 0 amide bonds. The van der Waals surface area contributed by atoms with Gasteiger partial charge in [0.2, 0.25) is 0 Å². The molecular weight excluding hydrogens is 751 g/mol. The number of fused-ring (bicyclic) bond motifs is 8. The Bertz CT molecular complexity index is 2790. The Morgan fingerprint density at radius 3 is 1.29 bits per heavy atom. The lowest BCUT2D eigenvalue weighted by atomic mass is 10.0. The van der Waals surface area contributed by atoms with Crippen LogP contribution >= 0.6 is 11.8 Å². The van der Waals surface area contributed by atoms with Gasteiger partial charge in [0.1, 0.15) is 0 Å². The van der Waals surface area contributed by atoms with Gasteiger partial charge in [0, 0.05) is 26.9 Å². The average molecular weight is 789 g/mol. The topological polar surface area (TPSA) is 3.24 Å². The molecule has 9 aromatic carbocycles. The summed E-state index contributed by atoms with van der Waals surface area (Å²) in [4.78, 5) is 5.22. The number of hydrogen-bond acceptors (Lipinski definition) is 2. The molecule has 1 spiro atoms. The van der Waals surface area contributed by atoms with Gasteiger partial charge in [-0.05, 0) is 91.5 Å². The maximum Gasteiger partial charge on any atom is 0.181 e. The van der Waals surface area contributed by atoms with Crippen molar-refractivity contribution in [1.82, 2.24) is 0 Å². The van der Waals surface area contributed by atoms with Gasteiger partial charge in [-0.25, -0.2) is 0 Å². The summed E-state index contributed by atoms with van der Waals surface area (Å²) in [7, 11) is -4.18. The Morgan fingerprint density at radius 2 is 0.741 bits per heavy atom. The van der Waals surface area contributed by atoms with Crippen LogP contribution in [0.4, 0.5) is 17.1 Å². The monoisotopic (exact) mass is 788 g/mol. The van der Waals surface area contributed by atoms with E-state index < -0.39 is 16.9 Å². The Labute approximate surface area is 347 Å². The number of benzene rings is 9. The summed E-state index contributed by atoms with van der Waals surface area (Å²) >= 11 is 1.93. The highest BCUT2D eigenvalue weighted by Crippen LogP contribution is 2.38. The molecule has 273 valence electrons. The fourth-order valence-corrected chi connectivity index (χ4v) is 21.0. The molecule has 2 aliphatic heterocycles. The van der Waals surface area contributed by atoms with Crippen molar-refractivity contribution in [2.75, 3.05) is 4.90 Å². The van der Waals surface area contributed by atoms with Gasteiger partial charge < -0.3 is 4.90 Å². The summed E-state index contributed by atoms with van der Waals surface area (Å²) < 4.78 is 0. The van der Waals surface area contributed by atoms with Crippen molar-refractivity contribution in [3.05, 3.63) is 231 Å². The van der Waals surface area contributed by atoms with Crippen LogP contribution in [0.15, 0.2) is 240 Å². The molecule has 0 saturated heterocycles. The van der Waals surface area contributed by atoms with E-state index in [4.69, 9.17) is 0 Å². The lowest BCUT2D eigenvalue weighted by Gasteiger charge is -2.46. The SMILES string of the molecule is c1ccc(-c2ccc(N(c3ccc(-c4ccccc4)cc3)c3ccc4c(c3)[Si]3(c5ccccc5Sc5ccccc53)c3ccccc3[Si]4c3ccccc3)cc2)cc1. The van der Waals surface area contributed by atoms with E-state index in [-0.39, 0.29) is 0 Å². The Kier molecular flexibility index (Phi) is 8.69. The molecule has 0 fully saturated rings. The zero-order valence-electron chi connectivity index (χ0n) is 31.8. The lowest BCUT2D eigenvalue weighted by molar-refractivity contribution is 1.29. The van der Waals surface area contributed by atoms with Gasteiger partial charge in [-0.3, -0.25) is 0 Å². The van der Waals surface area contributed by atoms with Gasteiger partial charge >= 0.3 is 0 Å². The first kappa shape index (κ1) is 34.8. The van der Waals surface area contributed by atoms with Crippen LogP contribution in [0, 0.1) is 0 Å². The second-order valence-corrected chi connectivity index (χ2v) is 22.2. The second kappa shape index (κ2) is 14.5. The zero-order valence-corrected chi connectivity index (χ0v) is 34.6. The summed E-state index contributed by atoms with van der Waals surface area (Å²) in [5.74, 6) is 0. The molecule has 0 unspecified atom stereocenters. The van der Waals surface area contributed by atoms with Crippen LogP contribution in [0.5, 0.6) is 0 Å². The van der Waals surface area contributed by atoms with E-state index >= 15 is 0 Å². The van der Waals surface area contributed by atoms with E-state index in [2.05, 4.69) is 235 Å². The molecule has 2 aliphatic rings. The molecule has 58 heavy (non-hydrogen) atoms. The van der Waals surface area contributed by atoms with E-state index in [0.717, 1.165) is 11.4 Å². The van der Waals surface area contributed by atoms with Gasteiger partial charge in [0.05, 0.1) is 0 Å². The minimum Gasteiger partial charge on any atom is -0.311 e. The maximum absolute atomic E-state index is 2.83. The summed E-state index contributed by atoms with van der Waals surface area (Å²) in [6, 6.07) is 86.4. The minimum atomic E-state index is -2.83. The van der Waals surface area contributed by atoms with Crippen molar-refractivity contribution in [2.24, 2.45) is 0 Å². The van der Waals surface area contributed by atoms with Crippen LogP contribution in [0.3, 0.4) is 0 Å². The standard InChI is InChI=1S/C54H38NSSi2/c1-4-16-39(17-5-1)41-28-32-43(33-29-41)55(44-34-30-42(31-35-44)40-18-6-2-7-19-40)45-36-37-50-54(38-45)58(51-25-13-10-22-47(51)56-48-23-11-14-26-52(48)58)53-27-15-12-24-49(53)57(50)46-20-8-3-9-21-46/h1-38H. The van der Waals surface area contributed by atoms with Gasteiger partial charge in [0.15, 0.2) is 16.9 Å². The van der Waals surface area contributed by atoms with Crippen LogP contribution in [-0.2, 0) is 0 Å². The number of rotatable bonds is 6. The van der Waals surface area contributed by atoms with Crippen molar-refractivity contribution >= 4 is 82.0 Å². The van der Waals surface area contributed by atoms with E-state index in [1.54, 1.807) is 0 Å². The molecule has 9 aromatic rings. The third-order valence-corrected chi connectivity index (χ3v) is 21.7. The Hall–Kier alpha value is -6.44. The first-order valence-corrected chi connectivity index (χ1v) is 24.2. The second-order valence-electron chi connectivity index (χ2n) is 15.0. The third kappa shape index (κ3) is 5.67. The van der Waals surface area contributed by atoms with Crippen molar-refractivity contribution in [3.8, 4) is 22.3 Å². The zero-order chi connectivity index (χ0) is 38.5. The fourth-order valence-electron chi connectivity index (χ4n) is 9.32. The van der Waals surface area contributed by atoms with E-state index in [9.17, 15) is 0 Å². The summed E-state index contributed by atoms with van der Waals surface area (Å²) in [6.07, 6.45) is 0. The molecular formula is C54H38NSSi2. The number of hydrogen-bond donors (Lipinski definition) is 0. The van der Waals surface area contributed by atoms with E-state index in [1.165, 1.54) is 74.0 Å². The predicted octanol–water partition coefficient (Wildman–Crippen LogP) is 9.16. The lowest BCUT2D eigenvalue weighted by Crippen LogP contribution is -2.87. The fraction of sp³-hybridized carbons (Fsp3) is 0. The first-order valence-electron chi connectivity index (χ1n) is 19.9. The highest BCUT2D eigenvalue weighted by Gasteiger charge is 2.53. The van der Waals surface area contributed by atoms with Crippen LogP contribution in [0.1, 0.15) is 0 Å². The van der Waals surface area contributed by atoms with Crippen molar-refractivity contribution in [1.29, 1.82) is 0 Å².